The molecule has 0 fully saturated rings. The van der Waals surface area contributed by atoms with Crippen LogP contribution in [0.5, 0.6) is 0 Å². The van der Waals surface area contributed by atoms with E-state index in [1.54, 1.807) is 24.3 Å². The number of nitrogens with one attached hydrogen (secondary N) is 1. The second-order valence-electron chi connectivity index (χ2n) is 6.03. The normalized spacial score (nSPS) is 21.6. The zero-order valence-corrected chi connectivity index (χ0v) is 15.1. The fourth-order valence-electron chi connectivity index (χ4n) is 2.78. The van der Waals surface area contributed by atoms with Gasteiger partial charge in [-0.25, -0.2) is 0 Å². The van der Waals surface area contributed by atoms with Crippen molar-refractivity contribution in [1.82, 2.24) is 10.5 Å². The number of allylic oxidation sites excluding steroid dienone is 1. The van der Waals surface area contributed by atoms with Crippen LogP contribution in [-0.2, 0) is 21.6 Å². The maximum absolute atomic E-state index is 12.9. The maximum atomic E-state index is 12.9. The summed E-state index contributed by atoms with van der Waals surface area (Å²) < 4.78 is 48.5. The second-order valence-corrected chi connectivity index (χ2v) is 6.46. The molecule has 1 aromatic heterocycles. The van der Waals surface area contributed by atoms with Gasteiger partial charge in [0.05, 0.1) is 12.8 Å². The van der Waals surface area contributed by atoms with E-state index >= 15 is 0 Å². The van der Waals surface area contributed by atoms with Crippen molar-refractivity contribution in [3.63, 3.8) is 0 Å². The number of rotatable bonds is 6. The van der Waals surface area contributed by atoms with Crippen molar-refractivity contribution in [1.29, 1.82) is 0 Å². The topological polar surface area (TPSA) is 76.7 Å². The van der Waals surface area contributed by atoms with E-state index in [4.69, 9.17) is 20.9 Å². The van der Waals surface area contributed by atoms with Crippen molar-refractivity contribution in [2.75, 3.05) is 6.54 Å². The van der Waals surface area contributed by atoms with Crippen LogP contribution in [0, 0.1) is 0 Å². The number of carbonyl (C=O) groups excluding carboxylic acids is 1. The highest BCUT2D eigenvalue weighted by Crippen LogP contribution is 2.36. The molecule has 0 spiro atoms. The Morgan fingerprint density at radius 2 is 2.07 bits per heavy atom. The summed E-state index contributed by atoms with van der Waals surface area (Å²) in [6.07, 6.45) is 1.49. The third-order valence-corrected chi connectivity index (χ3v) is 4.35. The number of nitrogens with zero attached hydrogens (tertiary/aromatic N) is 2. The van der Waals surface area contributed by atoms with Crippen LogP contribution in [0.4, 0.5) is 13.2 Å². The van der Waals surface area contributed by atoms with Crippen molar-refractivity contribution in [2.45, 2.75) is 24.4 Å². The molecule has 0 bridgehead atoms. The largest absolute Gasteiger partial charge is 0.405 e. The van der Waals surface area contributed by atoms with Crippen molar-refractivity contribution in [3.05, 3.63) is 65.0 Å². The monoisotopic (exact) mass is 413 g/mol. The molecule has 0 saturated carbocycles. The van der Waals surface area contributed by atoms with E-state index in [-0.39, 0.29) is 6.61 Å². The molecule has 28 heavy (non-hydrogen) atoms. The Bertz CT molecular complexity index is 866. The highest BCUT2D eigenvalue weighted by atomic mass is 35.5. The van der Waals surface area contributed by atoms with Gasteiger partial charge in [-0.05, 0) is 23.8 Å². The molecule has 1 aromatic carbocycles. The number of benzene rings is 1. The summed E-state index contributed by atoms with van der Waals surface area (Å²) in [4.78, 5) is 17.1. The molecule has 2 unspecified atom stereocenters. The van der Waals surface area contributed by atoms with Gasteiger partial charge in [-0.2, -0.15) is 13.2 Å². The zero-order valence-electron chi connectivity index (χ0n) is 14.3. The summed E-state index contributed by atoms with van der Waals surface area (Å²) in [5.41, 5.74) is -0.632. The van der Waals surface area contributed by atoms with Crippen molar-refractivity contribution in [2.24, 2.45) is 4.99 Å². The summed E-state index contributed by atoms with van der Waals surface area (Å²) in [5.74, 6) is -0.893. The van der Waals surface area contributed by atoms with Gasteiger partial charge in [0.25, 0.3) is 0 Å². The molecule has 148 valence electrons. The molecular formula is C18H15ClF3N3O3. The standard InChI is InChI=1S/C18H15ClF3N3O3/c19-14-4-2-13(3-5-14)17(15(26)24-11-18(20,21)22)6-1-7-23-16(17)27-9-12-8-25-28-10-12/h1-8,10,16H,9,11H2,(H,24,26). The van der Waals surface area contributed by atoms with Gasteiger partial charge in [0, 0.05) is 16.8 Å². The molecule has 3 rings (SSSR count). The first-order valence-corrected chi connectivity index (χ1v) is 8.51. The first-order valence-electron chi connectivity index (χ1n) is 8.13. The number of dihydropyridines is 1. The second kappa shape index (κ2) is 8.15. The summed E-state index contributed by atoms with van der Waals surface area (Å²) in [6.45, 7) is -1.47. The molecule has 2 atom stereocenters. The molecule has 2 heterocycles. The van der Waals surface area contributed by atoms with Gasteiger partial charge in [0.2, 0.25) is 5.91 Å². The van der Waals surface area contributed by atoms with Gasteiger partial charge >= 0.3 is 6.18 Å². The minimum Gasteiger partial charge on any atom is -0.364 e. The van der Waals surface area contributed by atoms with E-state index in [0.29, 0.717) is 16.1 Å². The van der Waals surface area contributed by atoms with E-state index in [9.17, 15) is 18.0 Å². The minimum atomic E-state index is -4.56. The Hall–Kier alpha value is -2.65. The fraction of sp³-hybridized carbons (Fsp3) is 0.278. The SMILES string of the molecule is O=C(NCC(F)(F)F)C1(c2ccc(Cl)cc2)C=CC=NC1OCc1cnoc1. The highest BCUT2D eigenvalue weighted by molar-refractivity contribution is 6.30. The van der Waals surface area contributed by atoms with Crippen molar-refractivity contribution >= 4 is 23.7 Å². The van der Waals surface area contributed by atoms with Crippen LogP contribution in [0.2, 0.25) is 5.02 Å². The predicted octanol–water partition coefficient (Wildman–Crippen LogP) is 3.43. The van der Waals surface area contributed by atoms with E-state index in [0.717, 1.165) is 0 Å². The Kier molecular flexibility index (Phi) is 5.85. The average molecular weight is 414 g/mol. The van der Waals surface area contributed by atoms with Gasteiger partial charge in [0.1, 0.15) is 18.2 Å². The molecule has 1 amide bonds. The highest BCUT2D eigenvalue weighted by Gasteiger charge is 2.48. The predicted molar refractivity (Wildman–Crippen MR) is 94.9 cm³/mol. The first-order chi connectivity index (χ1) is 13.3. The third kappa shape index (κ3) is 4.42. The van der Waals surface area contributed by atoms with E-state index in [1.165, 1.54) is 30.8 Å². The number of hydrogen-bond acceptors (Lipinski definition) is 5. The molecule has 0 radical (unpaired) electrons. The molecule has 0 aliphatic carbocycles. The van der Waals surface area contributed by atoms with Crippen LogP contribution in [0.15, 0.2) is 58.4 Å². The van der Waals surface area contributed by atoms with Gasteiger partial charge in [-0.3, -0.25) is 9.79 Å². The number of alkyl halides is 3. The Morgan fingerprint density at radius 1 is 1.32 bits per heavy atom. The molecule has 10 heteroatoms. The summed E-state index contributed by atoms with van der Waals surface area (Å²) >= 11 is 5.92. The van der Waals surface area contributed by atoms with E-state index < -0.39 is 30.3 Å². The summed E-state index contributed by atoms with van der Waals surface area (Å²) in [7, 11) is 0. The van der Waals surface area contributed by atoms with Crippen LogP contribution in [0.3, 0.4) is 0 Å². The molecular weight excluding hydrogens is 399 g/mol. The number of amides is 1. The van der Waals surface area contributed by atoms with Crippen molar-refractivity contribution < 1.29 is 27.2 Å². The molecule has 1 aliphatic rings. The van der Waals surface area contributed by atoms with Gasteiger partial charge in [-0.15, -0.1) is 0 Å². The Labute approximate surface area is 163 Å². The van der Waals surface area contributed by atoms with Gasteiger partial charge in [0.15, 0.2) is 6.23 Å². The number of ether oxygens (including phenoxy) is 1. The van der Waals surface area contributed by atoms with Gasteiger partial charge in [-0.1, -0.05) is 35.0 Å². The molecule has 1 aliphatic heterocycles. The minimum absolute atomic E-state index is 0.00123. The maximum Gasteiger partial charge on any atom is 0.405 e. The number of halogens is 4. The van der Waals surface area contributed by atoms with Gasteiger partial charge < -0.3 is 14.6 Å². The molecule has 1 N–H and O–H groups in total. The third-order valence-electron chi connectivity index (χ3n) is 4.09. The quantitative estimate of drug-likeness (QED) is 0.787. The lowest BCUT2D eigenvalue weighted by atomic mass is 9.76. The number of hydrogen-bond donors (Lipinski definition) is 1. The van der Waals surface area contributed by atoms with E-state index in [1.807, 2.05) is 5.32 Å². The lowest BCUT2D eigenvalue weighted by Crippen LogP contribution is -2.53. The number of carbonyl (C=O) groups is 1. The number of aliphatic imine (C=N–C) groups is 1. The van der Waals surface area contributed by atoms with Crippen LogP contribution in [-0.4, -0.2) is 36.2 Å². The van der Waals surface area contributed by atoms with Crippen LogP contribution < -0.4 is 5.32 Å². The molecule has 0 saturated heterocycles. The average Bonchev–Trinajstić information content (AvgIpc) is 3.18. The van der Waals surface area contributed by atoms with Crippen LogP contribution in [0.1, 0.15) is 11.1 Å². The van der Waals surface area contributed by atoms with Crippen LogP contribution in [0.25, 0.3) is 0 Å². The number of aromatic nitrogens is 1. The van der Waals surface area contributed by atoms with E-state index in [2.05, 4.69) is 10.1 Å². The molecule has 2 aromatic rings. The molecule has 6 nitrogen and oxygen atoms in total. The van der Waals surface area contributed by atoms with Crippen molar-refractivity contribution in [3.8, 4) is 0 Å². The summed E-state index contributed by atoms with van der Waals surface area (Å²) in [5, 5.41) is 5.91. The smallest absolute Gasteiger partial charge is 0.364 e. The zero-order chi connectivity index (χ0) is 20.2. The van der Waals surface area contributed by atoms with Crippen LogP contribution >= 0.6 is 11.6 Å². The first kappa shape index (κ1) is 20.1. The Morgan fingerprint density at radius 3 is 2.71 bits per heavy atom. The lowest BCUT2D eigenvalue weighted by Gasteiger charge is -2.36. The fourth-order valence-corrected chi connectivity index (χ4v) is 2.91. The lowest BCUT2D eigenvalue weighted by molar-refractivity contribution is -0.144. The Balaban J connectivity index is 1.95. The summed E-state index contributed by atoms with van der Waals surface area (Å²) in [6, 6.07) is 6.19.